The van der Waals surface area contributed by atoms with Gasteiger partial charge in [-0.2, -0.15) is 13.2 Å². The maximum atomic E-state index is 14.0. The molecule has 12 heteroatoms. The number of carboxylic acids is 1. The van der Waals surface area contributed by atoms with Crippen molar-refractivity contribution in [3.63, 3.8) is 0 Å². The molecule has 2 aromatic carbocycles. The lowest BCUT2D eigenvalue weighted by Gasteiger charge is -2.37. The van der Waals surface area contributed by atoms with Gasteiger partial charge in [-0.1, -0.05) is 12.1 Å². The van der Waals surface area contributed by atoms with Crippen molar-refractivity contribution in [1.29, 1.82) is 0 Å². The van der Waals surface area contributed by atoms with Crippen LogP contribution in [-0.2, 0) is 27.1 Å². The molecule has 8 nitrogen and oxygen atoms in total. The highest BCUT2D eigenvalue weighted by atomic mass is 19.4. The van der Waals surface area contributed by atoms with E-state index in [9.17, 15) is 41.8 Å². The van der Waals surface area contributed by atoms with Crippen molar-refractivity contribution in [3.8, 4) is 0 Å². The number of imide groups is 1. The van der Waals surface area contributed by atoms with E-state index in [0.29, 0.717) is 36.0 Å². The van der Waals surface area contributed by atoms with Gasteiger partial charge in [0.05, 0.1) is 12.1 Å². The van der Waals surface area contributed by atoms with Gasteiger partial charge in [0.1, 0.15) is 5.82 Å². The summed E-state index contributed by atoms with van der Waals surface area (Å²) >= 11 is 0. The molecule has 2 aromatic rings. The molecular weight excluding hydrogens is 474 g/mol. The van der Waals surface area contributed by atoms with Gasteiger partial charge in [0.2, 0.25) is 11.8 Å². The topological polar surface area (TPSA) is 98.2 Å². The van der Waals surface area contributed by atoms with E-state index in [1.165, 1.54) is 12.1 Å². The minimum atomic E-state index is -5.10. The third kappa shape index (κ3) is 4.55. The van der Waals surface area contributed by atoms with Gasteiger partial charge in [-0.15, -0.1) is 0 Å². The van der Waals surface area contributed by atoms with Crippen LogP contribution in [0, 0.1) is 11.7 Å². The molecular formula is C23H19F4N3O5. The zero-order valence-electron chi connectivity index (χ0n) is 18.1. The Kier molecular flexibility index (Phi) is 6.22. The zero-order valence-corrected chi connectivity index (χ0v) is 18.1. The minimum absolute atomic E-state index is 0.0647. The first-order valence-electron chi connectivity index (χ1n) is 10.6. The number of rotatable bonds is 5. The molecule has 0 aliphatic carbocycles. The number of alkyl halides is 3. The van der Waals surface area contributed by atoms with Gasteiger partial charge in [0.25, 0.3) is 0 Å². The second kappa shape index (κ2) is 9.01. The Balaban J connectivity index is 1.67. The van der Waals surface area contributed by atoms with Gasteiger partial charge < -0.3 is 10.0 Å². The molecule has 0 saturated carbocycles. The second-order valence-corrected chi connectivity index (χ2v) is 8.15. The van der Waals surface area contributed by atoms with E-state index in [2.05, 4.69) is 0 Å². The molecule has 1 N–H and O–H groups in total. The van der Waals surface area contributed by atoms with Crippen LogP contribution in [-0.4, -0.2) is 46.9 Å². The molecule has 0 radical (unpaired) electrons. The van der Waals surface area contributed by atoms with Crippen molar-refractivity contribution in [2.75, 3.05) is 22.9 Å². The predicted molar refractivity (Wildman–Crippen MR) is 114 cm³/mol. The summed E-state index contributed by atoms with van der Waals surface area (Å²) in [6.45, 7) is -0.981. The summed E-state index contributed by atoms with van der Waals surface area (Å²) in [6.07, 6.45) is -4.00. The number of hydrogen-bond donors (Lipinski definition) is 1. The van der Waals surface area contributed by atoms with Gasteiger partial charge in [0, 0.05) is 30.9 Å². The number of anilines is 2. The van der Waals surface area contributed by atoms with Crippen LogP contribution in [0.3, 0.4) is 0 Å². The standard InChI is InChI=1S/C23H19F4N3O5/c24-17-4-1-3-13(19(17)23(25,26)27)11-30-20(32)16(21(33)34)12-29(22(30)35)15-8-6-14(7-9-15)28-10-2-5-18(28)31/h1,3-4,6-9,16H,2,5,10-12H2,(H,33,34). The van der Waals surface area contributed by atoms with Crippen LogP contribution in [0.2, 0.25) is 0 Å². The van der Waals surface area contributed by atoms with Gasteiger partial charge in [-0.3, -0.25) is 24.2 Å². The molecule has 1 atom stereocenters. The molecule has 2 heterocycles. The Morgan fingerprint density at radius 3 is 2.17 bits per heavy atom. The van der Waals surface area contributed by atoms with Crippen LogP contribution in [0.4, 0.5) is 33.7 Å². The molecule has 4 rings (SSSR count). The Hall–Kier alpha value is -3.96. The molecule has 35 heavy (non-hydrogen) atoms. The third-order valence-corrected chi connectivity index (χ3v) is 5.95. The smallest absolute Gasteiger partial charge is 0.419 e. The van der Waals surface area contributed by atoms with Gasteiger partial charge in [0.15, 0.2) is 5.92 Å². The number of aliphatic carboxylic acids is 1. The monoisotopic (exact) mass is 493 g/mol. The summed E-state index contributed by atoms with van der Waals surface area (Å²) in [5, 5.41) is 9.52. The number of halogens is 4. The lowest BCUT2D eigenvalue weighted by atomic mass is 10.0. The second-order valence-electron chi connectivity index (χ2n) is 8.15. The molecule has 1 unspecified atom stereocenters. The Morgan fingerprint density at radius 1 is 1.00 bits per heavy atom. The van der Waals surface area contributed by atoms with Crippen molar-refractivity contribution in [1.82, 2.24) is 4.90 Å². The van der Waals surface area contributed by atoms with Crippen molar-refractivity contribution >= 4 is 35.2 Å². The van der Waals surface area contributed by atoms with E-state index in [1.807, 2.05) is 0 Å². The predicted octanol–water partition coefficient (Wildman–Crippen LogP) is 3.64. The van der Waals surface area contributed by atoms with E-state index in [1.54, 1.807) is 17.0 Å². The van der Waals surface area contributed by atoms with E-state index >= 15 is 0 Å². The van der Waals surface area contributed by atoms with Crippen LogP contribution in [0.1, 0.15) is 24.0 Å². The minimum Gasteiger partial charge on any atom is -0.481 e. The first-order chi connectivity index (χ1) is 16.5. The average molecular weight is 493 g/mol. The highest BCUT2D eigenvalue weighted by Gasteiger charge is 2.45. The quantitative estimate of drug-likeness (QED) is 0.507. The van der Waals surface area contributed by atoms with Crippen molar-refractivity contribution in [2.45, 2.75) is 25.6 Å². The normalized spacial score (nSPS) is 19.0. The fourth-order valence-electron chi connectivity index (χ4n) is 4.23. The van der Waals surface area contributed by atoms with Crippen LogP contribution in [0.5, 0.6) is 0 Å². The number of nitrogens with zero attached hydrogens (tertiary/aromatic N) is 3. The first-order valence-corrected chi connectivity index (χ1v) is 10.6. The third-order valence-electron chi connectivity index (χ3n) is 5.95. The SMILES string of the molecule is O=C(O)C1CN(c2ccc(N3CCCC3=O)cc2)C(=O)N(Cc2cccc(F)c2C(F)(F)F)C1=O. The molecule has 2 saturated heterocycles. The van der Waals surface area contributed by atoms with Crippen LogP contribution in [0.15, 0.2) is 42.5 Å². The largest absolute Gasteiger partial charge is 0.481 e. The van der Waals surface area contributed by atoms with E-state index in [0.717, 1.165) is 17.0 Å². The number of amides is 4. The molecule has 0 aromatic heterocycles. The lowest BCUT2D eigenvalue weighted by molar-refractivity contribution is -0.151. The summed E-state index contributed by atoms with van der Waals surface area (Å²) in [7, 11) is 0. The summed E-state index contributed by atoms with van der Waals surface area (Å²) in [6, 6.07) is 7.49. The summed E-state index contributed by atoms with van der Waals surface area (Å²) in [4.78, 5) is 52.5. The van der Waals surface area contributed by atoms with Crippen LogP contribution in [0.25, 0.3) is 0 Å². The van der Waals surface area contributed by atoms with E-state index in [4.69, 9.17) is 0 Å². The van der Waals surface area contributed by atoms with Crippen molar-refractivity contribution in [3.05, 3.63) is 59.4 Å². The summed E-state index contributed by atoms with van der Waals surface area (Å²) in [5.41, 5.74) is -1.57. The molecule has 4 amide bonds. The molecule has 2 aliphatic heterocycles. The van der Waals surface area contributed by atoms with E-state index < -0.39 is 60.0 Å². The van der Waals surface area contributed by atoms with Crippen molar-refractivity contribution < 1.29 is 41.8 Å². The zero-order chi connectivity index (χ0) is 25.5. The lowest BCUT2D eigenvalue weighted by Crippen LogP contribution is -2.58. The Labute approximate surface area is 196 Å². The van der Waals surface area contributed by atoms with Gasteiger partial charge in [-0.25, -0.2) is 9.18 Å². The number of urea groups is 1. The average Bonchev–Trinajstić information content (AvgIpc) is 3.21. The Bertz CT molecular complexity index is 1200. The maximum absolute atomic E-state index is 14.0. The highest BCUT2D eigenvalue weighted by molar-refractivity contribution is 6.12. The molecule has 184 valence electrons. The van der Waals surface area contributed by atoms with E-state index in [-0.39, 0.29) is 11.6 Å². The molecule has 0 spiro atoms. The number of hydrogen-bond acceptors (Lipinski definition) is 4. The fraction of sp³-hybridized carbons (Fsp3) is 0.304. The van der Waals surface area contributed by atoms with Gasteiger partial charge in [-0.05, 0) is 42.3 Å². The number of carbonyl (C=O) groups is 4. The summed E-state index contributed by atoms with van der Waals surface area (Å²) < 4.78 is 54.3. The maximum Gasteiger partial charge on any atom is 0.419 e. The summed E-state index contributed by atoms with van der Waals surface area (Å²) in [5.74, 6) is -6.14. The number of carboxylic acid groups (broad SMARTS) is 1. The van der Waals surface area contributed by atoms with Crippen molar-refractivity contribution in [2.24, 2.45) is 5.92 Å². The Morgan fingerprint density at radius 2 is 1.63 bits per heavy atom. The highest BCUT2D eigenvalue weighted by Crippen LogP contribution is 2.36. The number of carbonyl (C=O) groups excluding carboxylic acids is 3. The molecule has 2 fully saturated rings. The fourth-order valence-corrected chi connectivity index (χ4v) is 4.23. The van der Waals surface area contributed by atoms with Crippen LogP contribution < -0.4 is 9.80 Å². The number of benzene rings is 2. The van der Waals surface area contributed by atoms with Crippen LogP contribution >= 0.6 is 0 Å². The van der Waals surface area contributed by atoms with Gasteiger partial charge >= 0.3 is 18.2 Å². The first kappa shape index (κ1) is 24.2. The molecule has 0 bridgehead atoms. The molecule has 2 aliphatic rings.